The van der Waals surface area contributed by atoms with Gasteiger partial charge in [0, 0.05) is 49.3 Å². The number of imidazole rings is 1. The van der Waals surface area contributed by atoms with Crippen molar-refractivity contribution in [2.24, 2.45) is 0 Å². The van der Waals surface area contributed by atoms with Crippen molar-refractivity contribution in [2.45, 2.75) is 0 Å². The summed E-state index contributed by atoms with van der Waals surface area (Å²) in [4.78, 5) is 9.32. The molecular formula is C44H29IrN3O-2. The van der Waals surface area contributed by atoms with Crippen molar-refractivity contribution in [3.05, 3.63) is 188 Å². The van der Waals surface area contributed by atoms with Gasteiger partial charge >= 0.3 is 0 Å². The van der Waals surface area contributed by atoms with Gasteiger partial charge in [-0.3, -0.25) is 4.98 Å². The number of aromatic nitrogens is 3. The number of rotatable bonds is 5. The number of pyridine rings is 1. The van der Waals surface area contributed by atoms with E-state index in [1.807, 2.05) is 78.9 Å². The van der Waals surface area contributed by atoms with Gasteiger partial charge in [-0.2, -0.15) is 0 Å². The molecule has 0 bridgehead atoms. The Hall–Kier alpha value is -5.87. The van der Waals surface area contributed by atoms with Gasteiger partial charge in [-0.1, -0.05) is 132 Å². The van der Waals surface area contributed by atoms with Crippen LogP contribution in [0.1, 0.15) is 1.37 Å². The smallest absolute Gasteiger partial charge is 0.0774 e. The van der Waals surface area contributed by atoms with E-state index in [0.717, 1.165) is 67.0 Å². The first-order chi connectivity index (χ1) is 24.2. The maximum atomic E-state index is 8.01. The molecule has 4 nitrogen and oxygen atoms in total. The van der Waals surface area contributed by atoms with E-state index in [4.69, 9.17) is 10.8 Å². The second-order valence-corrected chi connectivity index (χ2v) is 11.2. The van der Waals surface area contributed by atoms with Crippen LogP contribution in [0.4, 0.5) is 0 Å². The number of hydrogen-bond donors (Lipinski definition) is 0. The van der Waals surface area contributed by atoms with Crippen molar-refractivity contribution in [3.63, 3.8) is 0 Å². The molecule has 0 fully saturated rings. The first-order valence-electron chi connectivity index (χ1n) is 16.3. The minimum absolute atomic E-state index is 0. The molecule has 9 aromatic rings. The van der Waals surface area contributed by atoms with E-state index in [1.54, 1.807) is 18.3 Å². The van der Waals surface area contributed by atoms with Crippen LogP contribution in [0, 0.1) is 12.3 Å². The Morgan fingerprint density at radius 3 is 2.02 bits per heavy atom. The Kier molecular flexibility index (Phi) is 9.01. The SMILES string of the molecule is [2H]c1ccc2c(-c3nc4ccccc4n3-c3c(-c4ccccc4)cccc3-c3ccccc3)[c-]oc2c1.[Ir].[c-]1ccccc1-c1ccccn1. The number of hydrogen-bond acceptors (Lipinski definition) is 3. The van der Waals surface area contributed by atoms with Crippen LogP contribution in [0.2, 0.25) is 0 Å². The normalized spacial score (nSPS) is 11.0. The summed E-state index contributed by atoms with van der Waals surface area (Å²) in [5.74, 6) is 0.748. The topological polar surface area (TPSA) is 43.9 Å². The first kappa shape index (κ1) is 30.5. The molecule has 0 unspecified atom stereocenters. The Morgan fingerprint density at radius 2 is 1.33 bits per heavy atom. The van der Waals surface area contributed by atoms with Crippen molar-refractivity contribution in [1.29, 1.82) is 0 Å². The van der Waals surface area contributed by atoms with Gasteiger partial charge in [0.05, 0.1) is 23.9 Å². The summed E-state index contributed by atoms with van der Waals surface area (Å²) >= 11 is 0. The molecule has 0 spiro atoms. The van der Waals surface area contributed by atoms with Crippen LogP contribution in [-0.4, -0.2) is 14.5 Å². The van der Waals surface area contributed by atoms with Gasteiger partial charge in [-0.15, -0.1) is 42.0 Å². The molecule has 0 aliphatic carbocycles. The quantitative estimate of drug-likeness (QED) is 0.163. The molecule has 9 rings (SSSR count). The molecule has 6 aromatic carbocycles. The van der Waals surface area contributed by atoms with E-state index in [9.17, 15) is 0 Å². The van der Waals surface area contributed by atoms with Crippen LogP contribution in [0.3, 0.4) is 0 Å². The van der Waals surface area contributed by atoms with E-state index in [-0.39, 0.29) is 20.1 Å². The standard InChI is InChI=1S/C33H21N2O.C11H8N.Ir/c1-3-12-23(13-4-1)25-17-11-18-26(24-14-5-2-6-15-24)32(25)35-30-20-9-8-19-29(30)34-33(35)28-22-36-31-21-10-7-16-27(28)31;1-2-6-10(7-3-1)11-8-4-5-9-12-11;/h1-21H;1-6,8-9H;/q2*-1;/i10D;;. The molecule has 0 N–H and O–H groups in total. The molecule has 49 heavy (non-hydrogen) atoms. The van der Waals surface area contributed by atoms with Gasteiger partial charge in [-0.05, 0) is 35.0 Å². The van der Waals surface area contributed by atoms with Crippen LogP contribution in [0.5, 0.6) is 0 Å². The molecule has 3 heterocycles. The van der Waals surface area contributed by atoms with Crippen molar-refractivity contribution in [2.75, 3.05) is 0 Å². The molecule has 0 aliphatic rings. The first-order valence-corrected chi connectivity index (χ1v) is 15.8. The van der Waals surface area contributed by atoms with Crippen LogP contribution in [0.25, 0.3) is 72.6 Å². The van der Waals surface area contributed by atoms with Crippen molar-refractivity contribution in [1.82, 2.24) is 14.5 Å². The zero-order valence-corrected chi connectivity index (χ0v) is 28.6. The van der Waals surface area contributed by atoms with E-state index < -0.39 is 0 Å². The fourth-order valence-electron chi connectivity index (χ4n) is 6.01. The average molecular weight is 809 g/mol. The van der Waals surface area contributed by atoms with Crippen molar-refractivity contribution < 1.29 is 25.9 Å². The molecule has 0 aliphatic heterocycles. The van der Waals surface area contributed by atoms with Gasteiger partial charge in [0.15, 0.2) is 0 Å². The number of nitrogens with zero attached hydrogens (tertiary/aromatic N) is 3. The van der Waals surface area contributed by atoms with Crippen LogP contribution in [-0.2, 0) is 20.1 Å². The zero-order chi connectivity index (χ0) is 33.0. The predicted octanol–water partition coefficient (Wildman–Crippen LogP) is 11.1. The molecule has 5 heteroatoms. The molecule has 3 aromatic heterocycles. The van der Waals surface area contributed by atoms with Crippen LogP contribution in [0.15, 0.2) is 180 Å². The summed E-state index contributed by atoms with van der Waals surface area (Å²) in [5, 5.41) is 0.881. The maximum absolute atomic E-state index is 8.01. The van der Waals surface area contributed by atoms with Crippen LogP contribution >= 0.6 is 0 Å². The van der Waals surface area contributed by atoms with Crippen molar-refractivity contribution >= 4 is 22.0 Å². The Morgan fingerprint density at radius 1 is 0.633 bits per heavy atom. The number of benzene rings is 6. The van der Waals surface area contributed by atoms with Crippen molar-refractivity contribution in [3.8, 4) is 50.6 Å². The molecule has 1 radical (unpaired) electrons. The summed E-state index contributed by atoms with van der Waals surface area (Å²) < 4.78 is 16.0. The molecule has 237 valence electrons. The van der Waals surface area contributed by atoms with Gasteiger partial charge in [-0.25, -0.2) is 0 Å². The van der Waals surface area contributed by atoms with Gasteiger partial charge < -0.3 is 14.0 Å². The summed E-state index contributed by atoms with van der Waals surface area (Å²) in [6.45, 7) is 0. The minimum atomic E-state index is 0. The fourth-order valence-corrected chi connectivity index (χ4v) is 6.01. The Balaban J connectivity index is 0.000000255. The molecule has 0 amide bonds. The summed E-state index contributed by atoms with van der Waals surface area (Å²) in [5.41, 5.74) is 10.8. The Bertz CT molecular complexity index is 2400. The largest absolute Gasteiger partial charge is 0.557 e. The third-order valence-electron chi connectivity index (χ3n) is 8.22. The monoisotopic (exact) mass is 809 g/mol. The number of furan rings is 1. The number of fused-ring (bicyclic) bond motifs is 2. The zero-order valence-electron chi connectivity index (χ0n) is 27.2. The molecule has 0 saturated heterocycles. The molecule has 0 atom stereocenters. The third kappa shape index (κ3) is 6.38. The number of para-hydroxylation sites is 4. The molecular weight excluding hydrogens is 779 g/mol. The molecule has 0 saturated carbocycles. The van der Waals surface area contributed by atoms with E-state index >= 15 is 0 Å². The summed E-state index contributed by atoms with van der Waals surface area (Å²) in [6, 6.07) is 58.2. The summed E-state index contributed by atoms with van der Waals surface area (Å²) in [7, 11) is 0. The maximum Gasteiger partial charge on any atom is 0.0774 e. The second kappa shape index (κ2) is 14.5. The van der Waals surface area contributed by atoms with Gasteiger partial charge in [0.25, 0.3) is 0 Å². The average Bonchev–Trinajstić information content (AvgIpc) is 3.77. The minimum Gasteiger partial charge on any atom is -0.557 e. The second-order valence-electron chi connectivity index (χ2n) is 11.2. The summed E-state index contributed by atoms with van der Waals surface area (Å²) in [6.07, 6.45) is 4.89. The fraction of sp³-hybridized carbons (Fsp3) is 0. The predicted molar refractivity (Wildman–Crippen MR) is 194 cm³/mol. The van der Waals surface area contributed by atoms with Crippen LogP contribution < -0.4 is 0 Å². The van der Waals surface area contributed by atoms with E-state index in [1.165, 1.54) is 0 Å². The van der Waals surface area contributed by atoms with E-state index in [2.05, 4.69) is 94.7 Å². The Labute approximate surface area is 300 Å². The van der Waals surface area contributed by atoms with Gasteiger partial charge in [0.2, 0.25) is 0 Å². The van der Waals surface area contributed by atoms with Gasteiger partial charge in [0.1, 0.15) is 0 Å². The third-order valence-corrected chi connectivity index (χ3v) is 8.22. The van der Waals surface area contributed by atoms with E-state index in [0.29, 0.717) is 11.6 Å².